The van der Waals surface area contributed by atoms with Crippen LogP contribution in [0.15, 0.2) is 61.2 Å². The van der Waals surface area contributed by atoms with Crippen LogP contribution in [0.2, 0.25) is 0 Å². The lowest BCUT2D eigenvalue weighted by molar-refractivity contribution is -0.123. The minimum Gasteiger partial charge on any atom is -0.484 e. The summed E-state index contributed by atoms with van der Waals surface area (Å²) in [6.07, 6.45) is 3.05. The maximum absolute atomic E-state index is 12.9. The molecule has 0 fully saturated rings. The summed E-state index contributed by atoms with van der Waals surface area (Å²) in [4.78, 5) is 15.9. The van der Waals surface area contributed by atoms with Gasteiger partial charge in [-0.3, -0.25) is 4.79 Å². The van der Waals surface area contributed by atoms with E-state index < -0.39 is 0 Å². The van der Waals surface area contributed by atoms with Crippen LogP contribution in [0.3, 0.4) is 0 Å². The van der Waals surface area contributed by atoms with Crippen molar-refractivity contribution in [1.82, 2.24) is 20.1 Å². The van der Waals surface area contributed by atoms with Crippen molar-refractivity contribution in [3.63, 3.8) is 0 Å². The average Bonchev–Trinajstić information content (AvgIpc) is 3.15. The van der Waals surface area contributed by atoms with Crippen LogP contribution in [-0.2, 0) is 4.79 Å². The van der Waals surface area contributed by atoms with Crippen molar-refractivity contribution in [3.05, 3.63) is 72.6 Å². The molecule has 0 saturated heterocycles. The van der Waals surface area contributed by atoms with E-state index in [-0.39, 0.29) is 24.4 Å². The highest BCUT2D eigenvalue weighted by Crippen LogP contribution is 2.15. The van der Waals surface area contributed by atoms with Crippen LogP contribution in [0.4, 0.5) is 4.39 Å². The van der Waals surface area contributed by atoms with Crippen LogP contribution in [0, 0.1) is 5.82 Å². The molecule has 25 heavy (non-hydrogen) atoms. The van der Waals surface area contributed by atoms with Gasteiger partial charge in [-0.2, -0.15) is 5.10 Å². The van der Waals surface area contributed by atoms with E-state index in [0.717, 1.165) is 11.3 Å². The molecule has 0 spiro atoms. The Labute approximate surface area is 144 Å². The van der Waals surface area contributed by atoms with E-state index in [0.29, 0.717) is 5.75 Å². The number of nitrogens with zero attached hydrogens (tertiary/aromatic N) is 3. The molecule has 0 aliphatic heterocycles. The fraction of sp³-hybridized carbons (Fsp3) is 0.167. The second-order valence-electron chi connectivity index (χ2n) is 5.46. The number of amides is 1. The topological polar surface area (TPSA) is 69.0 Å². The van der Waals surface area contributed by atoms with Gasteiger partial charge in [0.2, 0.25) is 0 Å². The van der Waals surface area contributed by atoms with Crippen molar-refractivity contribution in [2.24, 2.45) is 0 Å². The molecule has 1 N–H and O–H groups in total. The fourth-order valence-corrected chi connectivity index (χ4v) is 2.30. The smallest absolute Gasteiger partial charge is 0.258 e. The molecule has 7 heteroatoms. The Morgan fingerprint density at radius 2 is 1.92 bits per heavy atom. The predicted molar refractivity (Wildman–Crippen MR) is 89.8 cm³/mol. The summed E-state index contributed by atoms with van der Waals surface area (Å²) in [7, 11) is 0. The normalized spacial score (nSPS) is 11.8. The van der Waals surface area contributed by atoms with Crippen LogP contribution < -0.4 is 10.1 Å². The van der Waals surface area contributed by atoms with E-state index in [1.54, 1.807) is 35.3 Å². The number of benzene rings is 2. The molecule has 3 rings (SSSR count). The molecule has 0 radical (unpaired) electrons. The second kappa shape index (κ2) is 7.57. The van der Waals surface area contributed by atoms with Gasteiger partial charge in [-0.1, -0.05) is 12.1 Å². The van der Waals surface area contributed by atoms with E-state index in [1.807, 2.05) is 19.1 Å². The molecule has 1 heterocycles. The van der Waals surface area contributed by atoms with Gasteiger partial charge in [0.05, 0.1) is 11.7 Å². The van der Waals surface area contributed by atoms with Crippen LogP contribution in [-0.4, -0.2) is 27.3 Å². The third-order valence-corrected chi connectivity index (χ3v) is 3.64. The third kappa shape index (κ3) is 4.41. The van der Waals surface area contributed by atoms with Gasteiger partial charge in [0.25, 0.3) is 5.91 Å². The zero-order chi connectivity index (χ0) is 17.6. The summed E-state index contributed by atoms with van der Waals surface area (Å²) in [6, 6.07) is 12.9. The van der Waals surface area contributed by atoms with E-state index in [4.69, 9.17) is 4.74 Å². The highest BCUT2D eigenvalue weighted by Gasteiger charge is 2.10. The summed E-state index contributed by atoms with van der Waals surface area (Å²) in [5, 5.41) is 6.85. The number of ether oxygens (including phenoxy) is 1. The van der Waals surface area contributed by atoms with Crippen molar-refractivity contribution in [2.45, 2.75) is 13.0 Å². The van der Waals surface area contributed by atoms with E-state index in [2.05, 4.69) is 15.4 Å². The zero-order valence-electron chi connectivity index (χ0n) is 13.6. The molecule has 1 aromatic heterocycles. The maximum atomic E-state index is 12.9. The first-order chi connectivity index (χ1) is 12.1. The lowest BCUT2D eigenvalue weighted by Gasteiger charge is -2.15. The lowest BCUT2D eigenvalue weighted by atomic mass is 10.1. The Morgan fingerprint density at radius 3 is 2.56 bits per heavy atom. The van der Waals surface area contributed by atoms with Crippen LogP contribution >= 0.6 is 0 Å². The Kier molecular flexibility index (Phi) is 5.03. The molecule has 6 nitrogen and oxygen atoms in total. The van der Waals surface area contributed by atoms with Gasteiger partial charge in [-0.25, -0.2) is 14.1 Å². The molecule has 0 saturated carbocycles. The monoisotopic (exact) mass is 340 g/mol. The Hall–Kier alpha value is -3.22. The number of carbonyl (C=O) groups is 1. The van der Waals surface area contributed by atoms with Gasteiger partial charge >= 0.3 is 0 Å². The van der Waals surface area contributed by atoms with Crippen molar-refractivity contribution in [3.8, 4) is 11.4 Å². The molecule has 2 aromatic carbocycles. The number of nitrogens with one attached hydrogen (secondary N) is 1. The van der Waals surface area contributed by atoms with Gasteiger partial charge in [0.15, 0.2) is 6.61 Å². The molecule has 0 bridgehead atoms. The van der Waals surface area contributed by atoms with Crippen molar-refractivity contribution in [1.29, 1.82) is 0 Å². The van der Waals surface area contributed by atoms with Crippen LogP contribution in [0.1, 0.15) is 18.5 Å². The Balaban J connectivity index is 1.51. The molecular weight excluding hydrogens is 323 g/mol. The highest BCUT2D eigenvalue weighted by molar-refractivity contribution is 5.78. The standard InChI is InChI=1S/C18H17FN4O2/c1-13(14-2-4-15(19)5-3-14)22-18(24)10-25-17-8-6-16(7-9-17)23-12-20-11-21-23/h2-9,11-13H,10H2,1H3,(H,22,24). The van der Waals surface area contributed by atoms with Gasteiger partial charge in [0.1, 0.15) is 24.2 Å². The largest absolute Gasteiger partial charge is 0.484 e. The SMILES string of the molecule is CC(NC(=O)COc1ccc(-n2cncn2)cc1)c1ccc(F)cc1. The first-order valence-electron chi connectivity index (χ1n) is 7.74. The van der Waals surface area contributed by atoms with Crippen molar-refractivity contribution in [2.75, 3.05) is 6.61 Å². The zero-order valence-corrected chi connectivity index (χ0v) is 13.6. The van der Waals surface area contributed by atoms with Crippen molar-refractivity contribution >= 4 is 5.91 Å². The number of hydrogen-bond acceptors (Lipinski definition) is 4. The number of carbonyl (C=O) groups excluding carboxylic acids is 1. The van der Waals surface area contributed by atoms with Gasteiger partial charge in [0, 0.05) is 0 Å². The van der Waals surface area contributed by atoms with Crippen molar-refractivity contribution < 1.29 is 13.9 Å². The third-order valence-electron chi connectivity index (χ3n) is 3.64. The number of hydrogen-bond donors (Lipinski definition) is 1. The van der Waals surface area contributed by atoms with Gasteiger partial charge in [-0.15, -0.1) is 0 Å². The van der Waals surface area contributed by atoms with E-state index in [1.165, 1.54) is 18.5 Å². The number of aromatic nitrogens is 3. The molecule has 0 aliphatic carbocycles. The number of halogens is 1. The quantitative estimate of drug-likeness (QED) is 0.749. The van der Waals surface area contributed by atoms with E-state index >= 15 is 0 Å². The molecule has 3 aromatic rings. The summed E-state index contributed by atoms with van der Waals surface area (Å²) in [5.74, 6) is 0.0191. The average molecular weight is 340 g/mol. The highest BCUT2D eigenvalue weighted by atomic mass is 19.1. The van der Waals surface area contributed by atoms with Gasteiger partial charge in [-0.05, 0) is 48.9 Å². The van der Waals surface area contributed by atoms with Crippen LogP contribution in [0.25, 0.3) is 5.69 Å². The lowest BCUT2D eigenvalue weighted by Crippen LogP contribution is -2.31. The summed E-state index contributed by atoms with van der Waals surface area (Å²) in [5.41, 5.74) is 1.67. The molecule has 128 valence electrons. The molecule has 0 aliphatic rings. The summed E-state index contributed by atoms with van der Waals surface area (Å²) in [6.45, 7) is 1.73. The Bertz CT molecular complexity index is 817. The fourth-order valence-electron chi connectivity index (χ4n) is 2.30. The second-order valence-corrected chi connectivity index (χ2v) is 5.46. The van der Waals surface area contributed by atoms with Crippen LogP contribution in [0.5, 0.6) is 5.75 Å². The summed E-state index contributed by atoms with van der Waals surface area (Å²) >= 11 is 0. The van der Waals surface area contributed by atoms with Gasteiger partial charge < -0.3 is 10.1 Å². The van der Waals surface area contributed by atoms with E-state index in [9.17, 15) is 9.18 Å². The minimum absolute atomic E-state index is 0.103. The predicted octanol–water partition coefficient (Wildman–Crippen LogP) is 2.66. The maximum Gasteiger partial charge on any atom is 0.258 e. The number of rotatable bonds is 6. The minimum atomic E-state index is -0.306. The first kappa shape index (κ1) is 16.6. The molecular formula is C18H17FN4O2. The molecule has 1 unspecified atom stereocenters. The molecule has 1 atom stereocenters. The molecule has 1 amide bonds. The Morgan fingerprint density at radius 1 is 1.20 bits per heavy atom. The first-order valence-corrected chi connectivity index (χ1v) is 7.74. The summed E-state index contributed by atoms with van der Waals surface area (Å²) < 4.78 is 20.0.